The number of rotatable bonds is 6. The number of benzene rings is 1. The highest BCUT2D eigenvalue weighted by Crippen LogP contribution is 2.14. The van der Waals surface area contributed by atoms with Crippen LogP contribution in [0.25, 0.3) is 0 Å². The first-order chi connectivity index (χ1) is 11.4. The molecule has 1 N–H and O–H groups in total. The van der Waals surface area contributed by atoms with Crippen LogP contribution in [0, 0.1) is 0 Å². The molecule has 1 amide bonds. The van der Waals surface area contributed by atoms with Gasteiger partial charge in [0.25, 0.3) is 5.91 Å². The second kappa shape index (κ2) is 7.54. The summed E-state index contributed by atoms with van der Waals surface area (Å²) >= 11 is 0. The van der Waals surface area contributed by atoms with Gasteiger partial charge in [0.15, 0.2) is 6.10 Å². The molecule has 1 heterocycles. The number of esters is 1. The molecule has 24 heavy (non-hydrogen) atoms. The van der Waals surface area contributed by atoms with Crippen LogP contribution in [0.5, 0.6) is 0 Å². The van der Waals surface area contributed by atoms with Crippen molar-refractivity contribution in [3.05, 3.63) is 47.7 Å². The van der Waals surface area contributed by atoms with Crippen LogP contribution in [0.4, 0.5) is 5.82 Å². The summed E-state index contributed by atoms with van der Waals surface area (Å²) in [4.78, 5) is 34.8. The van der Waals surface area contributed by atoms with Crippen molar-refractivity contribution in [2.75, 3.05) is 5.32 Å². The molecule has 0 aliphatic carbocycles. The Hall–Kier alpha value is -2.96. The lowest BCUT2D eigenvalue weighted by atomic mass is 10.1. The summed E-state index contributed by atoms with van der Waals surface area (Å²) in [5.74, 6) is -0.545. The SMILES string of the molecule is CC(C)n1nccc1NC(=O)[C@@H](C)OC(=O)c1ccc(C=O)cc1. The van der Waals surface area contributed by atoms with Gasteiger partial charge in [0.2, 0.25) is 0 Å². The minimum Gasteiger partial charge on any atom is -0.449 e. The minimum absolute atomic E-state index is 0.0875. The van der Waals surface area contributed by atoms with Crippen LogP contribution in [-0.2, 0) is 9.53 Å². The molecule has 1 aromatic heterocycles. The van der Waals surface area contributed by atoms with Gasteiger partial charge >= 0.3 is 5.97 Å². The molecule has 7 nitrogen and oxygen atoms in total. The maximum absolute atomic E-state index is 12.2. The van der Waals surface area contributed by atoms with E-state index in [4.69, 9.17) is 4.74 Å². The number of hydrogen-bond acceptors (Lipinski definition) is 5. The van der Waals surface area contributed by atoms with Crippen molar-refractivity contribution in [1.82, 2.24) is 9.78 Å². The third-order valence-electron chi connectivity index (χ3n) is 3.35. The Morgan fingerprint density at radius 2 is 1.83 bits per heavy atom. The molecule has 1 aromatic carbocycles. The lowest BCUT2D eigenvalue weighted by Crippen LogP contribution is -2.31. The van der Waals surface area contributed by atoms with E-state index < -0.39 is 18.0 Å². The molecule has 0 saturated heterocycles. The van der Waals surface area contributed by atoms with Crippen molar-refractivity contribution >= 4 is 24.0 Å². The van der Waals surface area contributed by atoms with Crippen LogP contribution in [0.1, 0.15) is 47.5 Å². The summed E-state index contributed by atoms with van der Waals surface area (Å²) < 4.78 is 6.81. The van der Waals surface area contributed by atoms with Crippen LogP contribution >= 0.6 is 0 Å². The van der Waals surface area contributed by atoms with Crippen molar-refractivity contribution < 1.29 is 19.1 Å². The fourth-order valence-corrected chi connectivity index (χ4v) is 2.03. The number of carbonyl (C=O) groups is 3. The standard InChI is InChI=1S/C17H19N3O4/c1-11(2)20-15(8-9-18-20)19-16(22)12(3)24-17(23)14-6-4-13(10-21)5-7-14/h4-12H,1-3H3,(H,19,22)/t12-/m1/s1. The van der Waals surface area contributed by atoms with Crippen molar-refractivity contribution in [1.29, 1.82) is 0 Å². The number of nitrogens with zero attached hydrogens (tertiary/aromatic N) is 2. The average molecular weight is 329 g/mol. The number of amides is 1. The third kappa shape index (κ3) is 4.07. The quantitative estimate of drug-likeness (QED) is 0.649. The lowest BCUT2D eigenvalue weighted by molar-refractivity contribution is -0.123. The highest BCUT2D eigenvalue weighted by molar-refractivity contribution is 5.97. The highest BCUT2D eigenvalue weighted by atomic mass is 16.5. The molecule has 0 spiro atoms. The number of hydrogen-bond donors (Lipinski definition) is 1. The summed E-state index contributed by atoms with van der Waals surface area (Å²) in [5, 5.41) is 6.80. The van der Waals surface area contributed by atoms with Gasteiger partial charge in [-0.2, -0.15) is 5.10 Å². The number of ether oxygens (including phenoxy) is 1. The van der Waals surface area contributed by atoms with Crippen LogP contribution in [0.2, 0.25) is 0 Å². The van der Waals surface area contributed by atoms with Crippen LogP contribution < -0.4 is 5.32 Å². The zero-order valence-electron chi connectivity index (χ0n) is 13.7. The maximum Gasteiger partial charge on any atom is 0.338 e. The summed E-state index contributed by atoms with van der Waals surface area (Å²) in [5.41, 5.74) is 0.728. The molecule has 0 aliphatic rings. The molecule has 0 aliphatic heterocycles. The first-order valence-electron chi connectivity index (χ1n) is 7.53. The predicted molar refractivity (Wildman–Crippen MR) is 87.9 cm³/mol. The van der Waals surface area contributed by atoms with Gasteiger partial charge in [0.1, 0.15) is 12.1 Å². The first kappa shape index (κ1) is 17.4. The van der Waals surface area contributed by atoms with E-state index in [2.05, 4.69) is 10.4 Å². The van der Waals surface area contributed by atoms with E-state index in [9.17, 15) is 14.4 Å². The van der Waals surface area contributed by atoms with Gasteiger partial charge in [0.05, 0.1) is 11.8 Å². The van der Waals surface area contributed by atoms with E-state index in [0.29, 0.717) is 17.7 Å². The Bertz CT molecular complexity index is 735. The van der Waals surface area contributed by atoms with Gasteiger partial charge in [-0.15, -0.1) is 0 Å². The van der Waals surface area contributed by atoms with Crippen LogP contribution in [0.15, 0.2) is 36.5 Å². The molecular weight excluding hydrogens is 310 g/mol. The minimum atomic E-state index is -0.973. The molecular formula is C17H19N3O4. The molecule has 0 radical (unpaired) electrons. The summed E-state index contributed by atoms with van der Waals surface area (Å²) in [6.45, 7) is 5.37. The predicted octanol–water partition coefficient (Wildman–Crippen LogP) is 2.46. The van der Waals surface area contributed by atoms with Crippen molar-refractivity contribution in [3.63, 3.8) is 0 Å². The van der Waals surface area contributed by atoms with Crippen molar-refractivity contribution in [2.24, 2.45) is 0 Å². The summed E-state index contributed by atoms with van der Waals surface area (Å²) in [6.07, 6.45) is 1.29. The smallest absolute Gasteiger partial charge is 0.338 e. The molecule has 2 rings (SSSR count). The van der Waals surface area contributed by atoms with Crippen molar-refractivity contribution in [3.8, 4) is 0 Å². The Morgan fingerprint density at radius 3 is 2.42 bits per heavy atom. The fraction of sp³-hybridized carbons (Fsp3) is 0.294. The van der Waals surface area contributed by atoms with Crippen LogP contribution in [-0.4, -0.2) is 34.0 Å². The zero-order chi connectivity index (χ0) is 17.7. The fourth-order valence-electron chi connectivity index (χ4n) is 2.03. The highest BCUT2D eigenvalue weighted by Gasteiger charge is 2.20. The number of anilines is 1. The normalized spacial score (nSPS) is 11.8. The lowest BCUT2D eigenvalue weighted by Gasteiger charge is -2.15. The molecule has 126 valence electrons. The maximum atomic E-state index is 12.2. The Kier molecular flexibility index (Phi) is 5.47. The largest absolute Gasteiger partial charge is 0.449 e. The molecule has 0 bridgehead atoms. The molecule has 7 heteroatoms. The molecule has 0 fully saturated rings. The van der Waals surface area contributed by atoms with Gasteiger partial charge in [-0.3, -0.25) is 9.59 Å². The Morgan fingerprint density at radius 1 is 1.17 bits per heavy atom. The topological polar surface area (TPSA) is 90.3 Å². The molecule has 1 atom stereocenters. The summed E-state index contributed by atoms with van der Waals surface area (Å²) in [6, 6.07) is 7.73. The first-order valence-corrected chi connectivity index (χ1v) is 7.53. The Balaban J connectivity index is 1.98. The van der Waals surface area contributed by atoms with Crippen molar-refractivity contribution in [2.45, 2.75) is 32.9 Å². The molecule has 0 saturated carbocycles. The molecule has 0 unspecified atom stereocenters. The van der Waals surface area contributed by atoms with E-state index in [1.807, 2.05) is 13.8 Å². The second-order valence-corrected chi connectivity index (χ2v) is 5.53. The number of aldehydes is 1. The number of nitrogens with one attached hydrogen (secondary N) is 1. The van der Waals surface area contributed by atoms with Gasteiger partial charge in [0, 0.05) is 17.7 Å². The third-order valence-corrected chi connectivity index (χ3v) is 3.35. The second-order valence-electron chi connectivity index (χ2n) is 5.53. The van der Waals surface area contributed by atoms with Gasteiger partial charge in [-0.05, 0) is 32.9 Å². The van der Waals surface area contributed by atoms with Gasteiger partial charge in [-0.1, -0.05) is 12.1 Å². The number of aromatic nitrogens is 2. The zero-order valence-corrected chi connectivity index (χ0v) is 13.7. The van der Waals surface area contributed by atoms with E-state index in [-0.39, 0.29) is 11.6 Å². The monoisotopic (exact) mass is 329 g/mol. The average Bonchev–Trinajstić information content (AvgIpc) is 3.03. The number of carbonyl (C=O) groups excluding carboxylic acids is 3. The van der Waals surface area contributed by atoms with Gasteiger partial charge < -0.3 is 10.1 Å². The Labute approximate surface area is 139 Å². The summed E-state index contributed by atoms with van der Waals surface area (Å²) in [7, 11) is 0. The van der Waals surface area contributed by atoms with Crippen LogP contribution in [0.3, 0.4) is 0 Å². The van der Waals surface area contributed by atoms with E-state index >= 15 is 0 Å². The van der Waals surface area contributed by atoms with Gasteiger partial charge in [-0.25, -0.2) is 9.48 Å². The van der Waals surface area contributed by atoms with E-state index in [1.54, 1.807) is 16.9 Å². The van der Waals surface area contributed by atoms with E-state index in [0.717, 1.165) is 0 Å². The van der Waals surface area contributed by atoms with E-state index in [1.165, 1.54) is 31.2 Å². The molecule has 2 aromatic rings.